The Morgan fingerprint density at radius 2 is 1.45 bits per heavy atom. The number of fused-ring (bicyclic) bond motifs is 1. The van der Waals surface area contributed by atoms with Crippen LogP contribution in [0.25, 0.3) is 5.70 Å². The van der Waals surface area contributed by atoms with Crippen LogP contribution in [0.15, 0.2) is 76.4 Å². The highest BCUT2D eigenvalue weighted by atomic mass is 16.6. The molecule has 106 valence electrons. The van der Waals surface area contributed by atoms with Gasteiger partial charge in [0.1, 0.15) is 5.70 Å². The van der Waals surface area contributed by atoms with Crippen molar-refractivity contribution < 1.29 is 9.95 Å². The van der Waals surface area contributed by atoms with E-state index in [-0.39, 0.29) is 0 Å². The molecule has 0 fully saturated rings. The van der Waals surface area contributed by atoms with E-state index in [0.717, 1.165) is 22.5 Å². The molecule has 1 aliphatic heterocycles. The second-order valence-corrected chi connectivity index (χ2v) is 4.95. The highest BCUT2D eigenvalue weighted by Crippen LogP contribution is 2.22. The van der Waals surface area contributed by atoms with Gasteiger partial charge in [-0.3, -0.25) is 5.32 Å². The summed E-state index contributed by atoms with van der Waals surface area (Å²) in [4.78, 5) is 4.59. The maximum Gasteiger partial charge on any atom is 0.315 e. The van der Waals surface area contributed by atoms with E-state index >= 15 is 0 Å². The first kappa shape index (κ1) is 12.7. The van der Waals surface area contributed by atoms with Crippen LogP contribution in [-0.2, 0) is 0 Å². The molecule has 0 radical (unpaired) electrons. The van der Waals surface area contributed by atoms with Gasteiger partial charge in [-0.1, -0.05) is 48.5 Å². The quantitative estimate of drug-likeness (QED) is 0.788. The van der Waals surface area contributed by atoms with Gasteiger partial charge in [0.05, 0.1) is 5.71 Å². The van der Waals surface area contributed by atoms with Crippen LogP contribution in [-0.4, -0.2) is 16.0 Å². The lowest BCUT2D eigenvalue weighted by atomic mass is 10.1. The van der Waals surface area contributed by atoms with E-state index in [1.165, 1.54) is 0 Å². The molecule has 22 heavy (non-hydrogen) atoms. The van der Waals surface area contributed by atoms with E-state index in [1.54, 1.807) is 0 Å². The van der Waals surface area contributed by atoms with Crippen molar-refractivity contribution in [1.82, 2.24) is 10.3 Å². The zero-order valence-electron chi connectivity index (χ0n) is 11.7. The van der Waals surface area contributed by atoms with Crippen LogP contribution < -0.4 is 5.32 Å². The fourth-order valence-electron chi connectivity index (χ4n) is 2.40. The molecule has 0 atom stereocenters. The number of allylic oxidation sites excluding steroid dienone is 1. The third-order valence-corrected chi connectivity index (χ3v) is 3.48. The zero-order chi connectivity index (χ0) is 14.8. The number of aliphatic imine (C=N–C) groups is 1. The van der Waals surface area contributed by atoms with Gasteiger partial charge in [-0.15, -0.1) is 0 Å². The van der Waals surface area contributed by atoms with Crippen molar-refractivity contribution in [2.24, 2.45) is 4.99 Å². The summed E-state index contributed by atoms with van der Waals surface area (Å²) in [6.07, 6.45) is 2.05. The van der Waals surface area contributed by atoms with Gasteiger partial charge < -0.3 is 0 Å². The van der Waals surface area contributed by atoms with Gasteiger partial charge in [-0.2, -0.15) is 0 Å². The van der Waals surface area contributed by atoms with Gasteiger partial charge in [0, 0.05) is 22.4 Å². The summed E-state index contributed by atoms with van der Waals surface area (Å²) < 4.78 is 4.83. The number of rotatable bonds is 2. The van der Waals surface area contributed by atoms with Crippen LogP contribution in [0.3, 0.4) is 0 Å². The number of nitrogens with zero attached hydrogens (tertiary/aromatic N) is 3. The second-order valence-electron chi connectivity index (χ2n) is 4.95. The molecule has 0 aliphatic carbocycles. The summed E-state index contributed by atoms with van der Waals surface area (Å²) in [6, 6.07) is 20.1. The molecule has 0 amide bonds. The molecule has 5 nitrogen and oxygen atoms in total. The summed E-state index contributed by atoms with van der Waals surface area (Å²) in [7, 11) is 0. The van der Waals surface area contributed by atoms with Gasteiger partial charge in [0.2, 0.25) is 0 Å². The minimum absolute atomic E-state index is 0.501. The van der Waals surface area contributed by atoms with Crippen LogP contribution in [0, 0.1) is 0 Å². The lowest BCUT2D eigenvalue weighted by Crippen LogP contribution is -2.74. The van der Waals surface area contributed by atoms with Crippen LogP contribution >= 0.6 is 0 Å². The molecule has 0 saturated carbocycles. The molecule has 2 N–H and O–H groups in total. The third-order valence-electron chi connectivity index (χ3n) is 3.48. The van der Waals surface area contributed by atoms with Gasteiger partial charge in [-0.05, 0) is 17.3 Å². The summed E-state index contributed by atoms with van der Waals surface area (Å²) >= 11 is 0. The maximum absolute atomic E-state index is 4.83. The molecular formula is C17H13N4O+. The van der Waals surface area contributed by atoms with Crippen LogP contribution in [0.5, 0.6) is 0 Å². The molecule has 0 bridgehead atoms. The normalized spacial score (nSPS) is 13.8. The van der Waals surface area contributed by atoms with Crippen molar-refractivity contribution in [2.75, 3.05) is 0 Å². The summed E-state index contributed by atoms with van der Waals surface area (Å²) in [5.74, 6) is 1.14. The third kappa shape index (κ3) is 2.34. The van der Waals surface area contributed by atoms with E-state index in [9.17, 15) is 0 Å². The first-order chi connectivity index (χ1) is 10.9. The van der Waals surface area contributed by atoms with Crippen molar-refractivity contribution in [2.45, 2.75) is 0 Å². The van der Waals surface area contributed by atoms with E-state index in [4.69, 9.17) is 4.63 Å². The Hall–Kier alpha value is -3.05. The highest BCUT2D eigenvalue weighted by Gasteiger charge is 2.22. The minimum atomic E-state index is 0.501. The van der Waals surface area contributed by atoms with Crippen LogP contribution in [0.2, 0.25) is 0 Å². The Kier molecular flexibility index (Phi) is 3.10. The first-order valence-corrected chi connectivity index (χ1v) is 6.99. The van der Waals surface area contributed by atoms with Gasteiger partial charge in [0.15, 0.2) is 0 Å². The fraction of sp³-hybridized carbons (Fsp3) is 0. The summed E-state index contributed by atoms with van der Waals surface area (Å²) in [6.45, 7) is 0. The monoisotopic (exact) mass is 289 g/mol. The molecule has 2 heterocycles. The van der Waals surface area contributed by atoms with Crippen molar-refractivity contribution in [3.05, 3.63) is 77.9 Å². The van der Waals surface area contributed by atoms with Crippen molar-refractivity contribution in [3.8, 4) is 0 Å². The largest absolute Gasteiger partial charge is 0.315 e. The average molecular weight is 289 g/mol. The van der Waals surface area contributed by atoms with E-state index in [1.807, 2.05) is 59.9 Å². The Morgan fingerprint density at radius 1 is 0.773 bits per heavy atom. The number of aromatic nitrogens is 2. The topological polar surface area (TPSA) is 67.9 Å². The molecule has 0 spiro atoms. The second kappa shape index (κ2) is 5.38. The van der Waals surface area contributed by atoms with E-state index in [0.29, 0.717) is 11.6 Å². The van der Waals surface area contributed by atoms with E-state index < -0.39 is 0 Å². The number of hydrogen-bond acceptors (Lipinski definition) is 4. The molecule has 1 aliphatic rings. The fourth-order valence-corrected chi connectivity index (χ4v) is 2.40. The molecule has 2 aromatic carbocycles. The highest BCUT2D eigenvalue weighted by molar-refractivity contribution is 6.13. The maximum atomic E-state index is 4.83. The van der Waals surface area contributed by atoms with Crippen molar-refractivity contribution in [1.29, 1.82) is 0 Å². The van der Waals surface area contributed by atoms with E-state index in [2.05, 4.69) is 27.4 Å². The standard InChI is InChI=1S/C17H12N4O/c1-3-7-12(8-4-1)14-11-15(13-9-5-2-6-10-13)19-17-16(18-14)20-22-21-17/h1-11H,(H,18,20)/p+1. The number of nitrogens with two attached hydrogens (primary N) is 1. The summed E-state index contributed by atoms with van der Waals surface area (Å²) in [5, 5.41) is 9.76. The lowest BCUT2D eigenvalue weighted by Gasteiger charge is -2.03. The molecule has 3 aromatic rings. The predicted molar refractivity (Wildman–Crippen MR) is 82.9 cm³/mol. The predicted octanol–water partition coefficient (Wildman–Crippen LogP) is 2.44. The average Bonchev–Trinajstić information content (AvgIpc) is 2.94. The molecule has 4 rings (SSSR count). The van der Waals surface area contributed by atoms with Gasteiger partial charge >= 0.3 is 5.82 Å². The van der Waals surface area contributed by atoms with Gasteiger partial charge in [0.25, 0.3) is 5.82 Å². The molecule has 0 unspecified atom stereocenters. The molecule has 1 aromatic heterocycles. The number of quaternary nitrogens is 1. The Morgan fingerprint density at radius 3 is 2.18 bits per heavy atom. The number of benzene rings is 2. The number of hydrogen-bond donors (Lipinski definition) is 1. The minimum Gasteiger partial charge on any atom is -0.259 e. The molecule has 0 saturated heterocycles. The lowest BCUT2D eigenvalue weighted by molar-refractivity contribution is -0.473. The summed E-state index contributed by atoms with van der Waals surface area (Å²) in [5.41, 5.74) is 3.99. The molecular weight excluding hydrogens is 276 g/mol. The van der Waals surface area contributed by atoms with Crippen molar-refractivity contribution >= 4 is 23.0 Å². The van der Waals surface area contributed by atoms with Gasteiger partial charge in [-0.25, -0.2) is 9.62 Å². The first-order valence-electron chi connectivity index (χ1n) is 6.99. The smallest absolute Gasteiger partial charge is 0.259 e. The van der Waals surface area contributed by atoms with Crippen LogP contribution in [0.4, 0.5) is 11.6 Å². The Bertz CT molecular complexity index is 851. The Balaban J connectivity index is 1.87. The van der Waals surface area contributed by atoms with Crippen LogP contribution in [0.1, 0.15) is 11.1 Å². The zero-order valence-corrected chi connectivity index (χ0v) is 11.7. The van der Waals surface area contributed by atoms with Crippen molar-refractivity contribution in [3.63, 3.8) is 0 Å². The SMILES string of the molecule is C1=C(c2ccccc2)[NH2+]c2nonc2N=C1c1ccccc1. The Labute approximate surface area is 127 Å². The molecule has 5 heteroatoms.